The fourth-order valence-corrected chi connectivity index (χ4v) is 5.90. The van der Waals surface area contributed by atoms with Crippen molar-refractivity contribution in [3.05, 3.63) is 140 Å². The predicted octanol–water partition coefficient (Wildman–Crippen LogP) is 9.75. The highest BCUT2D eigenvalue weighted by molar-refractivity contribution is 6.18. The van der Waals surface area contributed by atoms with E-state index in [9.17, 15) is 0 Å². The molecule has 0 bridgehead atoms. The lowest BCUT2D eigenvalue weighted by Gasteiger charge is -2.11. The van der Waals surface area contributed by atoms with E-state index in [-0.39, 0.29) is 0 Å². The second kappa shape index (κ2) is 8.22. The Morgan fingerprint density at radius 2 is 1.03 bits per heavy atom. The zero-order chi connectivity index (χ0) is 25.1. The van der Waals surface area contributed by atoms with E-state index in [0.29, 0.717) is 0 Å². The van der Waals surface area contributed by atoms with Crippen LogP contribution in [0.1, 0.15) is 0 Å². The molecule has 38 heavy (non-hydrogen) atoms. The fraction of sp³-hybridized carbons (Fsp3) is 0. The first-order valence-electron chi connectivity index (χ1n) is 13.0. The van der Waals surface area contributed by atoms with Crippen molar-refractivity contribution >= 4 is 43.6 Å². The summed E-state index contributed by atoms with van der Waals surface area (Å²) >= 11 is 0. The fourth-order valence-electron chi connectivity index (χ4n) is 5.90. The van der Waals surface area contributed by atoms with Crippen molar-refractivity contribution in [3.63, 3.8) is 0 Å². The molecule has 0 aliphatic heterocycles. The average molecular weight is 485 g/mol. The summed E-state index contributed by atoms with van der Waals surface area (Å²) in [5, 5.41) is 5.08. The van der Waals surface area contributed by atoms with E-state index in [2.05, 4.69) is 149 Å². The van der Waals surface area contributed by atoms with Crippen LogP contribution in [0.4, 0.5) is 0 Å². The SMILES string of the molecule is c1ccc(-c2ccc(-c3cccc(-n4c5ccccc5c5cc6c(cc54)[nH]c4ccccc46)c3)cc2)cc1. The monoisotopic (exact) mass is 484 g/mol. The van der Waals surface area contributed by atoms with E-state index in [1.165, 1.54) is 60.3 Å². The molecule has 2 aromatic heterocycles. The number of H-pyrrole nitrogens is 1. The number of nitrogens with one attached hydrogen (secondary N) is 1. The highest BCUT2D eigenvalue weighted by Crippen LogP contribution is 2.37. The largest absolute Gasteiger partial charge is 0.354 e. The van der Waals surface area contributed by atoms with E-state index in [1.54, 1.807) is 0 Å². The van der Waals surface area contributed by atoms with Gasteiger partial charge in [-0.15, -0.1) is 0 Å². The molecular formula is C36H24N2. The van der Waals surface area contributed by atoms with Crippen molar-refractivity contribution < 1.29 is 0 Å². The molecule has 0 radical (unpaired) electrons. The van der Waals surface area contributed by atoms with E-state index in [0.717, 1.165) is 11.2 Å². The smallest absolute Gasteiger partial charge is 0.0562 e. The Morgan fingerprint density at radius 1 is 0.368 bits per heavy atom. The zero-order valence-electron chi connectivity index (χ0n) is 20.7. The van der Waals surface area contributed by atoms with Gasteiger partial charge in [-0.3, -0.25) is 0 Å². The van der Waals surface area contributed by atoms with Gasteiger partial charge in [0.25, 0.3) is 0 Å². The molecule has 8 aromatic rings. The minimum absolute atomic E-state index is 1.16. The third kappa shape index (κ3) is 3.21. The first-order chi connectivity index (χ1) is 18.8. The predicted molar refractivity (Wildman–Crippen MR) is 161 cm³/mol. The molecule has 0 saturated carbocycles. The second-order valence-corrected chi connectivity index (χ2v) is 9.93. The number of fused-ring (bicyclic) bond motifs is 6. The summed E-state index contributed by atoms with van der Waals surface area (Å²) in [6, 6.07) is 50.2. The number of rotatable bonds is 3. The standard InChI is InChI=1S/C36H24N2/c1-2-9-24(10-3-1)25-17-19-26(20-18-25)27-11-8-12-28(21-27)38-35-16-7-5-14-30(35)32-22-31-29-13-4-6-15-33(29)37-34(31)23-36(32)38/h1-23,37H. The average Bonchev–Trinajstić information content (AvgIpc) is 3.51. The van der Waals surface area contributed by atoms with Crippen molar-refractivity contribution in [2.24, 2.45) is 0 Å². The van der Waals surface area contributed by atoms with Crippen molar-refractivity contribution in [2.75, 3.05) is 0 Å². The molecule has 2 heterocycles. The van der Waals surface area contributed by atoms with Crippen LogP contribution in [0.5, 0.6) is 0 Å². The van der Waals surface area contributed by atoms with Crippen LogP contribution in [0.25, 0.3) is 71.6 Å². The van der Waals surface area contributed by atoms with Crippen LogP contribution < -0.4 is 0 Å². The van der Waals surface area contributed by atoms with Crippen LogP contribution in [0.3, 0.4) is 0 Å². The Hall–Kier alpha value is -5.08. The molecule has 0 spiro atoms. The maximum absolute atomic E-state index is 3.64. The highest BCUT2D eigenvalue weighted by Gasteiger charge is 2.15. The molecule has 0 aliphatic rings. The van der Waals surface area contributed by atoms with Gasteiger partial charge in [-0.2, -0.15) is 0 Å². The van der Waals surface area contributed by atoms with Crippen molar-refractivity contribution in [3.8, 4) is 27.9 Å². The van der Waals surface area contributed by atoms with Gasteiger partial charge in [0.2, 0.25) is 0 Å². The molecule has 0 saturated heterocycles. The minimum atomic E-state index is 1.16. The molecule has 0 amide bonds. The molecular weight excluding hydrogens is 460 g/mol. The highest BCUT2D eigenvalue weighted by atomic mass is 15.0. The van der Waals surface area contributed by atoms with Gasteiger partial charge in [0, 0.05) is 38.3 Å². The molecule has 6 aromatic carbocycles. The summed E-state index contributed by atoms with van der Waals surface area (Å²) in [7, 11) is 0. The minimum Gasteiger partial charge on any atom is -0.354 e. The maximum atomic E-state index is 3.64. The van der Waals surface area contributed by atoms with Crippen LogP contribution in [0.2, 0.25) is 0 Å². The molecule has 8 rings (SSSR count). The van der Waals surface area contributed by atoms with Crippen LogP contribution in [-0.2, 0) is 0 Å². The van der Waals surface area contributed by atoms with Gasteiger partial charge in [0.1, 0.15) is 0 Å². The van der Waals surface area contributed by atoms with Gasteiger partial charge in [-0.1, -0.05) is 103 Å². The molecule has 0 fully saturated rings. The van der Waals surface area contributed by atoms with E-state index < -0.39 is 0 Å². The van der Waals surface area contributed by atoms with Gasteiger partial charge in [-0.25, -0.2) is 0 Å². The van der Waals surface area contributed by atoms with Crippen molar-refractivity contribution in [1.29, 1.82) is 0 Å². The Balaban J connectivity index is 1.31. The van der Waals surface area contributed by atoms with Crippen LogP contribution >= 0.6 is 0 Å². The van der Waals surface area contributed by atoms with Gasteiger partial charge in [0.15, 0.2) is 0 Å². The molecule has 2 nitrogen and oxygen atoms in total. The van der Waals surface area contributed by atoms with Crippen LogP contribution in [0, 0.1) is 0 Å². The number of para-hydroxylation sites is 2. The Labute approximate surface area is 220 Å². The normalized spacial score (nSPS) is 11.7. The van der Waals surface area contributed by atoms with E-state index >= 15 is 0 Å². The summed E-state index contributed by atoms with van der Waals surface area (Å²) in [5.74, 6) is 0. The molecule has 1 N–H and O–H groups in total. The van der Waals surface area contributed by atoms with Crippen LogP contribution in [0.15, 0.2) is 140 Å². The topological polar surface area (TPSA) is 20.7 Å². The lowest BCUT2D eigenvalue weighted by molar-refractivity contribution is 1.18. The number of aromatic nitrogens is 2. The molecule has 178 valence electrons. The van der Waals surface area contributed by atoms with Gasteiger partial charge < -0.3 is 9.55 Å². The first-order valence-corrected chi connectivity index (χ1v) is 13.0. The van der Waals surface area contributed by atoms with Crippen molar-refractivity contribution in [2.45, 2.75) is 0 Å². The molecule has 0 unspecified atom stereocenters. The summed E-state index contributed by atoms with van der Waals surface area (Å²) in [5.41, 5.74) is 10.8. The number of benzene rings is 6. The third-order valence-corrected chi connectivity index (χ3v) is 7.73. The lowest BCUT2D eigenvalue weighted by atomic mass is 10.00. The number of hydrogen-bond donors (Lipinski definition) is 1. The van der Waals surface area contributed by atoms with E-state index in [1.807, 2.05) is 0 Å². The summed E-state index contributed by atoms with van der Waals surface area (Å²) in [4.78, 5) is 3.64. The Morgan fingerprint density at radius 3 is 1.87 bits per heavy atom. The van der Waals surface area contributed by atoms with Crippen LogP contribution in [-0.4, -0.2) is 9.55 Å². The number of aromatic amines is 1. The van der Waals surface area contributed by atoms with Gasteiger partial charge in [0.05, 0.1) is 11.0 Å². The zero-order valence-corrected chi connectivity index (χ0v) is 20.7. The Kier molecular flexibility index (Phi) is 4.55. The van der Waals surface area contributed by atoms with E-state index in [4.69, 9.17) is 0 Å². The second-order valence-electron chi connectivity index (χ2n) is 9.93. The summed E-state index contributed by atoms with van der Waals surface area (Å²) in [6.07, 6.45) is 0. The molecule has 0 atom stereocenters. The number of hydrogen-bond acceptors (Lipinski definition) is 0. The van der Waals surface area contributed by atoms with Gasteiger partial charge in [-0.05, 0) is 58.7 Å². The summed E-state index contributed by atoms with van der Waals surface area (Å²) in [6.45, 7) is 0. The molecule has 0 aliphatic carbocycles. The summed E-state index contributed by atoms with van der Waals surface area (Å²) < 4.78 is 2.40. The van der Waals surface area contributed by atoms with Crippen molar-refractivity contribution in [1.82, 2.24) is 9.55 Å². The Bertz CT molecular complexity index is 2110. The quantitative estimate of drug-likeness (QED) is 0.258. The van der Waals surface area contributed by atoms with Gasteiger partial charge >= 0.3 is 0 Å². The maximum Gasteiger partial charge on any atom is 0.0562 e. The third-order valence-electron chi connectivity index (χ3n) is 7.73. The number of nitrogens with zero attached hydrogens (tertiary/aromatic N) is 1. The first kappa shape index (κ1) is 21.0. The molecule has 2 heteroatoms. The lowest BCUT2D eigenvalue weighted by Crippen LogP contribution is -1.94.